The quantitative estimate of drug-likeness (QED) is 0.589. The molecule has 4 rings (SSSR count). The molecule has 1 aliphatic carbocycles. The first kappa shape index (κ1) is 17.0. The minimum absolute atomic E-state index is 0.156. The van der Waals surface area contributed by atoms with Crippen LogP contribution in [-0.4, -0.2) is 41.0 Å². The number of fused-ring (bicyclic) bond motifs is 1. The molecule has 0 spiro atoms. The summed E-state index contributed by atoms with van der Waals surface area (Å²) in [5.41, 5.74) is 3.55. The van der Waals surface area contributed by atoms with E-state index in [1.165, 1.54) is 40.6 Å². The summed E-state index contributed by atoms with van der Waals surface area (Å²) in [5.74, 6) is 0.558. The zero-order valence-corrected chi connectivity index (χ0v) is 15.6. The molecule has 1 unspecified atom stereocenters. The summed E-state index contributed by atoms with van der Waals surface area (Å²) in [7, 11) is 0. The van der Waals surface area contributed by atoms with Gasteiger partial charge in [-0.2, -0.15) is 0 Å². The monoisotopic (exact) mass is 375 g/mol. The highest BCUT2D eigenvalue weighted by Gasteiger charge is 2.17. The van der Waals surface area contributed by atoms with Gasteiger partial charge in [0.05, 0.1) is 11.9 Å². The number of carbonyl (C=O) groups excluding carboxylic acids is 1. The number of carbonyl (C=O) groups is 1. The largest absolute Gasteiger partial charge is 0.376 e. The molecule has 1 aromatic heterocycles. The number of ether oxygens (including phenoxy) is 1. The van der Waals surface area contributed by atoms with Gasteiger partial charge in [-0.1, -0.05) is 35.2 Å². The summed E-state index contributed by atoms with van der Waals surface area (Å²) in [4.78, 5) is 12.4. The Hall–Kier alpha value is -1.44. The standard InChI is InChI=1S/C18H21N3O2S2/c22-16(14-7-6-12-3-1-4-13(12)9-14)11-24-18-21-20-17(25-18)19-10-15-5-2-8-23-15/h6-7,9,15H,1-5,8,10-11H2,(H,19,20). The third-order valence-electron chi connectivity index (χ3n) is 4.66. The highest BCUT2D eigenvalue weighted by atomic mass is 32.2. The Morgan fingerprint density at radius 1 is 1.28 bits per heavy atom. The van der Waals surface area contributed by atoms with Crippen molar-refractivity contribution in [3.63, 3.8) is 0 Å². The maximum absolute atomic E-state index is 12.4. The van der Waals surface area contributed by atoms with Crippen LogP contribution in [0.15, 0.2) is 22.5 Å². The second-order valence-corrected chi connectivity index (χ2v) is 8.64. The number of hydrogen-bond donors (Lipinski definition) is 1. The van der Waals surface area contributed by atoms with E-state index in [1.54, 1.807) is 0 Å². The molecule has 2 heterocycles. The van der Waals surface area contributed by atoms with Crippen molar-refractivity contribution in [1.82, 2.24) is 10.2 Å². The van der Waals surface area contributed by atoms with Crippen LogP contribution >= 0.6 is 23.1 Å². The molecule has 1 aromatic carbocycles. The Bertz CT molecular complexity index is 757. The number of aromatic nitrogens is 2. The van der Waals surface area contributed by atoms with Crippen molar-refractivity contribution in [2.75, 3.05) is 24.2 Å². The molecule has 0 amide bonds. The molecular formula is C18H21N3O2S2. The molecule has 1 fully saturated rings. The lowest BCUT2D eigenvalue weighted by atomic mass is 10.0. The van der Waals surface area contributed by atoms with Crippen LogP contribution in [0.1, 0.15) is 40.7 Å². The van der Waals surface area contributed by atoms with Gasteiger partial charge in [-0.25, -0.2) is 0 Å². The Labute approximate surface area is 155 Å². The minimum atomic E-state index is 0.156. The van der Waals surface area contributed by atoms with Gasteiger partial charge in [0, 0.05) is 18.7 Å². The Balaban J connectivity index is 1.28. The molecule has 1 saturated heterocycles. The molecule has 1 atom stereocenters. The van der Waals surface area contributed by atoms with Crippen LogP contribution in [0.4, 0.5) is 5.13 Å². The average Bonchev–Trinajstić information content (AvgIpc) is 3.38. The van der Waals surface area contributed by atoms with Gasteiger partial charge in [0.25, 0.3) is 0 Å². The van der Waals surface area contributed by atoms with Crippen molar-refractivity contribution in [2.24, 2.45) is 0 Å². The van der Waals surface area contributed by atoms with E-state index < -0.39 is 0 Å². The van der Waals surface area contributed by atoms with Gasteiger partial charge < -0.3 is 10.1 Å². The lowest BCUT2D eigenvalue weighted by molar-refractivity contribution is 0.102. The van der Waals surface area contributed by atoms with Crippen molar-refractivity contribution < 1.29 is 9.53 Å². The normalized spacial score (nSPS) is 19.1. The minimum Gasteiger partial charge on any atom is -0.376 e. The third kappa shape index (κ3) is 4.22. The van der Waals surface area contributed by atoms with Crippen LogP contribution in [0.2, 0.25) is 0 Å². The van der Waals surface area contributed by atoms with E-state index in [-0.39, 0.29) is 11.9 Å². The SMILES string of the molecule is O=C(CSc1nnc(NCC2CCCO2)s1)c1ccc2c(c1)CCC2. The summed E-state index contributed by atoms with van der Waals surface area (Å²) in [6, 6.07) is 6.14. The van der Waals surface area contributed by atoms with Crippen LogP contribution in [0.3, 0.4) is 0 Å². The van der Waals surface area contributed by atoms with Crippen molar-refractivity contribution in [3.05, 3.63) is 34.9 Å². The molecule has 0 saturated carbocycles. The van der Waals surface area contributed by atoms with Crippen LogP contribution < -0.4 is 5.32 Å². The zero-order chi connectivity index (χ0) is 17.1. The smallest absolute Gasteiger partial charge is 0.206 e. The van der Waals surface area contributed by atoms with E-state index in [2.05, 4.69) is 27.6 Å². The molecule has 25 heavy (non-hydrogen) atoms. The Kier molecular flexibility index (Phi) is 5.33. The number of rotatable bonds is 7. The maximum Gasteiger partial charge on any atom is 0.206 e. The number of nitrogens with one attached hydrogen (secondary N) is 1. The van der Waals surface area contributed by atoms with Gasteiger partial charge in [-0.15, -0.1) is 10.2 Å². The van der Waals surface area contributed by atoms with Gasteiger partial charge >= 0.3 is 0 Å². The molecule has 0 bridgehead atoms. The predicted molar refractivity (Wildman–Crippen MR) is 101 cm³/mol. The van der Waals surface area contributed by atoms with Gasteiger partial charge in [-0.3, -0.25) is 4.79 Å². The Morgan fingerprint density at radius 3 is 3.08 bits per heavy atom. The van der Waals surface area contributed by atoms with Gasteiger partial charge in [-0.05, 0) is 49.3 Å². The second kappa shape index (κ2) is 7.85. The topological polar surface area (TPSA) is 64.1 Å². The highest BCUT2D eigenvalue weighted by Crippen LogP contribution is 2.28. The van der Waals surface area contributed by atoms with E-state index in [1.807, 2.05) is 6.07 Å². The molecule has 1 N–H and O–H groups in total. The molecular weight excluding hydrogens is 354 g/mol. The summed E-state index contributed by atoms with van der Waals surface area (Å²) in [6.07, 6.45) is 5.96. The number of ketones is 1. The lowest BCUT2D eigenvalue weighted by Crippen LogP contribution is -2.18. The molecule has 1 aliphatic heterocycles. The fourth-order valence-corrected chi connectivity index (χ4v) is 4.96. The molecule has 7 heteroatoms. The molecule has 5 nitrogen and oxygen atoms in total. The summed E-state index contributed by atoms with van der Waals surface area (Å²) in [5, 5.41) is 12.4. The summed E-state index contributed by atoms with van der Waals surface area (Å²) >= 11 is 2.96. The van der Waals surface area contributed by atoms with Gasteiger partial charge in [0.2, 0.25) is 5.13 Å². The number of aryl methyl sites for hydroxylation is 2. The summed E-state index contributed by atoms with van der Waals surface area (Å²) < 4.78 is 6.41. The number of thioether (sulfide) groups is 1. The first-order valence-electron chi connectivity index (χ1n) is 8.75. The van der Waals surface area contributed by atoms with Crippen molar-refractivity contribution in [2.45, 2.75) is 42.5 Å². The second-order valence-electron chi connectivity index (χ2n) is 6.44. The zero-order valence-electron chi connectivity index (χ0n) is 14.0. The van der Waals surface area contributed by atoms with Crippen molar-refractivity contribution >= 4 is 34.0 Å². The number of benzene rings is 1. The van der Waals surface area contributed by atoms with Crippen LogP contribution in [0.5, 0.6) is 0 Å². The lowest BCUT2D eigenvalue weighted by Gasteiger charge is -2.08. The number of anilines is 1. The third-order valence-corrected chi connectivity index (χ3v) is 6.67. The Morgan fingerprint density at radius 2 is 2.20 bits per heavy atom. The fraction of sp³-hybridized carbons (Fsp3) is 0.500. The first-order valence-corrected chi connectivity index (χ1v) is 10.5. The number of nitrogens with zero attached hydrogens (tertiary/aromatic N) is 2. The molecule has 2 aliphatic rings. The molecule has 132 valence electrons. The van der Waals surface area contributed by atoms with Gasteiger partial charge in [0.1, 0.15) is 0 Å². The van der Waals surface area contributed by atoms with E-state index in [0.29, 0.717) is 5.75 Å². The van der Waals surface area contributed by atoms with Gasteiger partial charge in [0.15, 0.2) is 10.1 Å². The van der Waals surface area contributed by atoms with E-state index in [9.17, 15) is 4.79 Å². The predicted octanol–water partition coefficient (Wildman–Crippen LogP) is 3.59. The average molecular weight is 376 g/mol. The number of Topliss-reactive ketones (excluding diaryl/α,β-unsaturated/α-hetero) is 1. The van der Waals surface area contributed by atoms with Crippen molar-refractivity contribution in [1.29, 1.82) is 0 Å². The van der Waals surface area contributed by atoms with E-state index in [4.69, 9.17) is 4.74 Å². The van der Waals surface area contributed by atoms with E-state index in [0.717, 1.165) is 53.9 Å². The number of hydrogen-bond acceptors (Lipinski definition) is 7. The highest BCUT2D eigenvalue weighted by molar-refractivity contribution is 8.01. The maximum atomic E-state index is 12.4. The van der Waals surface area contributed by atoms with E-state index >= 15 is 0 Å². The molecule has 2 aromatic rings. The van der Waals surface area contributed by atoms with Crippen LogP contribution in [0, 0.1) is 0 Å². The van der Waals surface area contributed by atoms with Crippen molar-refractivity contribution in [3.8, 4) is 0 Å². The van der Waals surface area contributed by atoms with Crippen LogP contribution in [0.25, 0.3) is 0 Å². The fourth-order valence-electron chi connectivity index (χ4n) is 3.30. The van der Waals surface area contributed by atoms with Crippen LogP contribution in [-0.2, 0) is 17.6 Å². The summed E-state index contributed by atoms with van der Waals surface area (Å²) in [6.45, 7) is 1.63. The first-order chi connectivity index (χ1) is 12.3. The molecule has 0 radical (unpaired) electrons.